The van der Waals surface area contributed by atoms with Crippen LogP contribution in [0.2, 0.25) is 0 Å². The molecule has 0 fully saturated rings. The van der Waals surface area contributed by atoms with Crippen LogP contribution in [0.4, 0.5) is 0 Å². The molecule has 0 heterocycles. The van der Waals surface area contributed by atoms with E-state index in [9.17, 15) is 4.79 Å². The maximum absolute atomic E-state index is 12.8. The van der Waals surface area contributed by atoms with Gasteiger partial charge in [0.15, 0.2) is 5.71 Å². The van der Waals surface area contributed by atoms with Gasteiger partial charge in [-0.3, -0.25) is 10.2 Å². The lowest BCUT2D eigenvalue weighted by atomic mass is 9.98. The molecule has 1 N–H and O–H groups in total. The number of alkyl halides is 1. The molecule has 1 amide bonds. The SMILES string of the molecule is CO/N=C(\C(=O)NN(C)CCCl)c1ccccc1C(C)Oc1ccccc1C. The van der Waals surface area contributed by atoms with E-state index >= 15 is 0 Å². The Bertz CT molecular complexity index is 826. The number of oxime groups is 1. The molecule has 0 aliphatic carbocycles. The predicted molar refractivity (Wildman–Crippen MR) is 112 cm³/mol. The highest BCUT2D eigenvalue weighted by atomic mass is 35.5. The number of halogens is 1. The minimum absolute atomic E-state index is 0.166. The fourth-order valence-electron chi connectivity index (χ4n) is 2.72. The van der Waals surface area contributed by atoms with E-state index in [1.165, 1.54) is 7.11 Å². The first-order valence-electron chi connectivity index (χ1n) is 8.98. The molecule has 0 aromatic heterocycles. The van der Waals surface area contributed by atoms with E-state index in [2.05, 4.69) is 10.6 Å². The van der Waals surface area contributed by atoms with Gasteiger partial charge in [-0.1, -0.05) is 47.6 Å². The highest BCUT2D eigenvalue weighted by molar-refractivity contribution is 6.45. The zero-order valence-electron chi connectivity index (χ0n) is 16.6. The van der Waals surface area contributed by atoms with Gasteiger partial charge in [0, 0.05) is 30.6 Å². The number of hydrogen-bond acceptors (Lipinski definition) is 5. The van der Waals surface area contributed by atoms with Crippen LogP contribution in [-0.4, -0.2) is 43.2 Å². The number of amides is 1. The van der Waals surface area contributed by atoms with Gasteiger partial charge in [0.25, 0.3) is 5.91 Å². The molecule has 0 aliphatic heterocycles. The molecule has 1 unspecified atom stereocenters. The Morgan fingerprint density at radius 1 is 1.21 bits per heavy atom. The molecule has 0 bridgehead atoms. The maximum Gasteiger partial charge on any atom is 0.288 e. The van der Waals surface area contributed by atoms with Gasteiger partial charge in [0.1, 0.15) is 19.0 Å². The number of carbonyl (C=O) groups is 1. The van der Waals surface area contributed by atoms with Crippen molar-refractivity contribution in [1.82, 2.24) is 10.4 Å². The number of benzene rings is 2. The van der Waals surface area contributed by atoms with E-state index in [1.54, 1.807) is 12.1 Å². The number of hydrazine groups is 1. The van der Waals surface area contributed by atoms with Crippen molar-refractivity contribution < 1.29 is 14.4 Å². The summed E-state index contributed by atoms with van der Waals surface area (Å²) in [5, 5.41) is 5.57. The van der Waals surface area contributed by atoms with E-state index in [4.69, 9.17) is 21.2 Å². The average Bonchev–Trinajstić information content (AvgIpc) is 2.68. The number of aryl methyl sites for hydroxylation is 1. The van der Waals surface area contributed by atoms with Crippen LogP contribution >= 0.6 is 11.6 Å². The molecule has 0 saturated heterocycles. The van der Waals surface area contributed by atoms with Gasteiger partial charge in [0.2, 0.25) is 0 Å². The first-order valence-corrected chi connectivity index (χ1v) is 9.52. The Kier molecular flexibility index (Phi) is 8.29. The topological polar surface area (TPSA) is 63.2 Å². The average molecular weight is 404 g/mol. The van der Waals surface area contributed by atoms with Crippen LogP contribution in [0.5, 0.6) is 5.75 Å². The van der Waals surface area contributed by atoms with Gasteiger partial charge in [-0.15, -0.1) is 11.6 Å². The highest BCUT2D eigenvalue weighted by Crippen LogP contribution is 2.27. The van der Waals surface area contributed by atoms with Crippen LogP contribution in [0, 0.1) is 6.92 Å². The zero-order valence-corrected chi connectivity index (χ0v) is 17.4. The summed E-state index contributed by atoms with van der Waals surface area (Å²) >= 11 is 5.73. The lowest BCUT2D eigenvalue weighted by molar-refractivity contribution is -0.118. The lowest BCUT2D eigenvalue weighted by Crippen LogP contribution is -2.44. The smallest absolute Gasteiger partial charge is 0.288 e. The van der Waals surface area contributed by atoms with Crippen molar-refractivity contribution >= 4 is 23.2 Å². The molecule has 2 aromatic carbocycles. The fourth-order valence-corrected chi connectivity index (χ4v) is 2.98. The van der Waals surface area contributed by atoms with Crippen molar-refractivity contribution in [3.05, 3.63) is 65.2 Å². The van der Waals surface area contributed by atoms with Crippen LogP contribution in [-0.2, 0) is 9.63 Å². The summed E-state index contributed by atoms with van der Waals surface area (Å²) in [4.78, 5) is 17.7. The molecular weight excluding hydrogens is 378 g/mol. The van der Waals surface area contributed by atoms with E-state index in [1.807, 2.05) is 62.4 Å². The van der Waals surface area contributed by atoms with Gasteiger partial charge in [0.05, 0.1) is 0 Å². The second kappa shape index (κ2) is 10.7. The van der Waals surface area contributed by atoms with E-state index in [0.717, 1.165) is 16.9 Å². The van der Waals surface area contributed by atoms with Crippen LogP contribution in [0.3, 0.4) is 0 Å². The van der Waals surface area contributed by atoms with Crippen LogP contribution in [0.1, 0.15) is 29.7 Å². The Morgan fingerprint density at radius 3 is 2.57 bits per heavy atom. The van der Waals surface area contributed by atoms with Gasteiger partial charge in [-0.25, -0.2) is 5.01 Å². The minimum atomic E-state index is -0.384. The molecule has 2 rings (SSSR count). The van der Waals surface area contributed by atoms with E-state index in [-0.39, 0.29) is 17.7 Å². The third-order valence-electron chi connectivity index (χ3n) is 4.16. The molecule has 150 valence electrons. The van der Waals surface area contributed by atoms with Gasteiger partial charge in [-0.2, -0.15) is 0 Å². The van der Waals surface area contributed by atoms with Gasteiger partial charge >= 0.3 is 0 Å². The van der Waals surface area contributed by atoms with Crippen LogP contribution < -0.4 is 10.2 Å². The van der Waals surface area contributed by atoms with E-state index in [0.29, 0.717) is 18.0 Å². The number of nitrogens with zero attached hydrogens (tertiary/aromatic N) is 2. The lowest BCUT2D eigenvalue weighted by Gasteiger charge is -2.21. The second-order valence-electron chi connectivity index (χ2n) is 6.29. The predicted octanol–water partition coefficient (Wildman–Crippen LogP) is 3.69. The van der Waals surface area contributed by atoms with E-state index < -0.39 is 0 Å². The molecule has 6 nitrogen and oxygen atoms in total. The Labute approximate surface area is 171 Å². The summed E-state index contributed by atoms with van der Waals surface area (Å²) in [5.41, 5.74) is 5.43. The molecule has 2 aromatic rings. The second-order valence-corrected chi connectivity index (χ2v) is 6.66. The monoisotopic (exact) mass is 403 g/mol. The summed E-state index contributed by atoms with van der Waals surface area (Å²) in [6.45, 7) is 4.43. The Hall–Kier alpha value is -2.57. The standard InChI is InChI=1S/C21H26ClN3O3/c1-15-9-5-8-12-19(15)28-16(2)17-10-6-7-11-18(17)20(24-27-4)21(26)23-25(3)14-13-22/h5-12,16H,13-14H2,1-4H3,(H,23,26)/b24-20-. The highest BCUT2D eigenvalue weighted by Gasteiger charge is 2.23. The number of hydrogen-bond donors (Lipinski definition) is 1. The first-order chi connectivity index (χ1) is 13.5. The van der Waals surface area contributed by atoms with Crippen molar-refractivity contribution in [1.29, 1.82) is 0 Å². The number of nitrogens with one attached hydrogen (secondary N) is 1. The zero-order chi connectivity index (χ0) is 20.5. The van der Waals surface area contributed by atoms with Crippen molar-refractivity contribution in [2.75, 3.05) is 26.6 Å². The summed E-state index contributed by atoms with van der Waals surface area (Å²) in [6.07, 6.45) is -0.298. The molecular formula is C21H26ClN3O3. The largest absolute Gasteiger partial charge is 0.486 e. The molecule has 28 heavy (non-hydrogen) atoms. The quantitative estimate of drug-likeness (QED) is 0.394. The number of ether oxygens (including phenoxy) is 1. The van der Waals surface area contributed by atoms with Crippen LogP contribution in [0.25, 0.3) is 0 Å². The Balaban J connectivity index is 2.32. The summed E-state index contributed by atoms with van der Waals surface area (Å²) in [5.74, 6) is 0.803. The van der Waals surface area contributed by atoms with Gasteiger partial charge < -0.3 is 9.57 Å². The number of carbonyl (C=O) groups excluding carboxylic acids is 1. The molecule has 0 radical (unpaired) electrons. The van der Waals surface area contributed by atoms with Crippen molar-refractivity contribution in [3.63, 3.8) is 0 Å². The summed E-state index contributed by atoms with van der Waals surface area (Å²) in [6, 6.07) is 15.3. The molecule has 7 heteroatoms. The van der Waals surface area contributed by atoms with Crippen molar-refractivity contribution in [2.24, 2.45) is 5.16 Å². The third-order valence-corrected chi connectivity index (χ3v) is 4.33. The van der Waals surface area contributed by atoms with Crippen LogP contribution in [0.15, 0.2) is 53.7 Å². The third kappa shape index (κ3) is 5.71. The fraction of sp³-hybridized carbons (Fsp3) is 0.333. The molecule has 0 spiro atoms. The summed E-state index contributed by atoms with van der Waals surface area (Å²) < 4.78 is 6.14. The molecule has 0 saturated carbocycles. The molecule has 0 aliphatic rings. The number of para-hydroxylation sites is 1. The maximum atomic E-state index is 12.8. The number of rotatable bonds is 9. The minimum Gasteiger partial charge on any atom is -0.486 e. The Morgan fingerprint density at radius 2 is 1.89 bits per heavy atom. The summed E-state index contributed by atoms with van der Waals surface area (Å²) in [7, 11) is 3.14. The van der Waals surface area contributed by atoms with Crippen molar-refractivity contribution in [2.45, 2.75) is 20.0 Å². The molecule has 1 atom stereocenters. The normalized spacial score (nSPS) is 12.6. The van der Waals surface area contributed by atoms with Gasteiger partial charge in [-0.05, 0) is 25.5 Å². The first kappa shape index (κ1) is 21.7. The van der Waals surface area contributed by atoms with Crippen molar-refractivity contribution in [3.8, 4) is 5.75 Å².